The minimum atomic E-state index is -0.552. The lowest BCUT2D eigenvalue weighted by molar-refractivity contribution is -0.136. The van der Waals surface area contributed by atoms with Crippen LogP contribution in [0.5, 0.6) is 0 Å². The summed E-state index contributed by atoms with van der Waals surface area (Å²) in [4.78, 5) is 39.4. The molecule has 0 aromatic carbocycles. The van der Waals surface area contributed by atoms with E-state index in [0.29, 0.717) is 24.7 Å². The van der Waals surface area contributed by atoms with Gasteiger partial charge in [0.05, 0.1) is 22.4 Å². The molecule has 0 unspecified atom stereocenters. The van der Waals surface area contributed by atoms with Gasteiger partial charge in [-0.3, -0.25) is 9.59 Å². The van der Waals surface area contributed by atoms with Crippen molar-refractivity contribution in [3.63, 3.8) is 0 Å². The smallest absolute Gasteiger partial charge is 0.273 e. The van der Waals surface area contributed by atoms with Crippen LogP contribution in [0.1, 0.15) is 46.4 Å². The largest absolute Gasteiger partial charge is 0.342 e. The van der Waals surface area contributed by atoms with E-state index in [-0.39, 0.29) is 17.7 Å². The van der Waals surface area contributed by atoms with Crippen molar-refractivity contribution in [2.24, 2.45) is 18.4 Å². The number of aromatic nitrogens is 3. The summed E-state index contributed by atoms with van der Waals surface area (Å²) < 4.78 is 1.92. The maximum Gasteiger partial charge on any atom is 0.273 e. The van der Waals surface area contributed by atoms with Crippen LogP contribution in [0.15, 0.2) is 17.9 Å². The van der Waals surface area contributed by atoms with Gasteiger partial charge in [0.25, 0.3) is 5.91 Å². The van der Waals surface area contributed by atoms with Crippen molar-refractivity contribution < 1.29 is 9.59 Å². The molecule has 28 heavy (non-hydrogen) atoms. The van der Waals surface area contributed by atoms with Crippen LogP contribution < -0.4 is 0 Å². The molecule has 3 fully saturated rings. The van der Waals surface area contributed by atoms with Crippen LogP contribution in [0, 0.1) is 18.3 Å². The molecule has 0 bridgehead atoms. The molecular weight excluding hydrogens is 374 g/mol. The van der Waals surface area contributed by atoms with Gasteiger partial charge in [0, 0.05) is 50.7 Å². The molecule has 2 amide bonds. The van der Waals surface area contributed by atoms with E-state index in [0.717, 1.165) is 30.2 Å². The first-order chi connectivity index (χ1) is 13.5. The second kappa shape index (κ2) is 6.40. The molecule has 3 aliphatic rings. The molecule has 2 aromatic rings. The van der Waals surface area contributed by atoms with Crippen LogP contribution in [0.25, 0.3) is 0 Å². The quantitative estimate of drug-likeness (QED) is 0.789. The molecule has 148 valence electrons. The third-order valence-corrected chi connectivity index (χ3v) is 7.24. The minimum Gasteiger partial charge on any atom is -0.342 e. The molecule has 1 saturated carbocycles. The molecule has 2 saturated heterocycles. The second-order valence-electron chi connectivity index (χ2n) is 8.55. The van der Waals surface area contributed by atoms with E-state index in [1.807, 2.05) is 39.9 Å². The van der Waals surface area contributed by atoms with Gasteiger partial charge in [0.1, 0.15) is 5.69 Å². The fourth-order valence-electron chi connectivity index (χ4n) is 4.79. The molecule has 8 heteroatoms. The Hall–Kier alpha value is -2.22. The molecule has 1 aliphatic carbocycles. The molecule has 5 rings (SSSR count). The number of aryl methyl sites for hydroxylation is 2. The average Bonchev–Trinajstić information content (AvgIpc) is 3.01. The molecule has 7 nitrogen and oxygen atoms in total. The Bertz CT molecular complexity index is 933. The number of hydrogen-bond donors (Lipinski definition) is 0. The highest BCUT2D eigenvalue weighted by molar-refractivity contribution is 7.09. The third kappa shape index (κ3) is 2.85. The van der Waals surface area contributed by atoms with Crippen LogP contribution in [-0.4, -0.2) is 62.3 Å². The highest BCUT2D eigenvalue weighted by Gasteiger charge is 2.59. The summed E-state index contributed by atoms with van der Waals surface area (Å²) in [6, 6.07) is 0. The van der Waals surface area contributed by atoms with Crippen molar-refractivity contribution in [3.8, 4) is 0 Å². The topological polar surface area (TPSA) is 71.3 Å². The van der Waals surface area contributed by atoms with Crippen LogP contribution in [0.4, 0.5) is 0 Å². The molecule has 4 heterocycles. The monoisotopic (exact) mass is 399 g/mol. The predicted molar refractivity (Wildman–Crippen MR) is 105 cm³/mol. The zero-order chi connectivity index (χ0) is 19.5. The van der Waals surface area contributed by atoms with Crippen molar-refractivity contribution in [1.29, 1.82) is 0 Å². The van der Waals surface area contributed by atoms with Crippen molar-refractivity contribution in [1.82, 2.24) is 24.3 Å². The van der Waals surface area contributed by atoms with Gasteiger partial charge in [-0.25, -0.2) is 9.97 Å². The summed E-state index contributed by atoms with van der Waals surface area (Å²) in [6.45, 7) is 4.55. The first kappa shape index (κ1) is 17.8. The van der Waals surface area contributed by atoms with Crippen molar-refractivity contribution >= 4 is 23.2 Å². The van der Waals surface area contributed by atoms with Gasteiger partial charge < -0.3 is 14.4 Å². The lowest BCUT2D eigenvalue weighted by Gasteiger charge is -2.27. The zero-order valence-corrected chi connectivity index (χ0v) is 17.1. The van der Waals surface area contributed by atoms with Gasteiger partial charge in [0.15, 0.2) is 0 Å². The SMILES string of the molecule is Cc1nc(C(=O)N2C[C@H](c3cn(C)cn3)[C@]3(CCN(CC4CC4)C3=O)C2)cs1. The Labute approximate surface area is 168 Å². The number of nitrogens with zero attached hydrogens (tertiary/aromatic N) is 5. The lowest BCUT2D eigenvalue weighted by Crippen LogP contribution is -2.41. The Morgan fingerprint density at radius 2 is 2.21 bits per heavy atom. The molecule has 2 atom stereocenters. The molecule has 2 aliphatic heterocycles. The van der Waals surface area contributed by atoms with Crippen LogP contribution in [-0.2, 0) is 11.8 Å². The number of thiazole rings is 1. The second-order valence-corrected chi connectivity index (χ2v) is 9.62. The van der Waals surface area contributed by atoms with E-state index in [1.54, 1.807) is 6.33 Å². The number of carbonyl (C=O) groups excluding carboxylic acids is 2. The number of likely N-dealkylation sites (tertiary alicyclic amines) is 2. The van der Waals surface area contributed by atoms with Gasteiger partial charge in [-0.1, -0.05) is 0 Å². The molecular formula is C20H25N5O2S. The molecule has 2 aromatic heterocycles. The van der Waals surface area contributed by atoms with E-state index in [1.165, 1.54) is 24.2 Å². The van der Waals surface area contributed by atoms with E-state index < -0.39 is 5.41 Å². The summed E-state index contributed by atoms with van der Waals surface area (Å²) >= 11 is 1.48. The fourth-order valence-corrected chi connectivity index (χ4v) is 5.38. The van der Waals surface area contributed by atoms with Gasteiger partial charge in [0.2, 0.25) is 5.91 Å². The van der Waals surface area contributed by atoms with Gasteiger partial charge >= 0.3 is 0 Å². The summed E-state index contributed by atoms with van der Waals surface area (Å²) in [5.74, 6) is 0.744. The highest BCUT2D eigenvalue weighted by atomic mass is 32.1. The van der Waals surface area contributed by atoms with Gasteiger partial charge in [-0.2, -0.15) is 0 Å². The molecule has 1 spiro atoms. The minimum absolute atomic E-state index is 0.0610. The number of imidazole rings is 1. The molecule has 0 radical (unpaired) electrons. The number of rotatable bonds is 4. The summed E-state index contributed by atoms with van der Waals surface area (Å²) in [7, 11) is 1.94. The highest BCUT2D eigenvalue weighted by Crippen LogP contribution is 2.50. The van der Waals surface area contributed by atoms with Crippen LogP contribution >= 0.6 is 11.3 Å². The summed E-state index contributed by atoms with van der Waals surface area (Å²) in [6.07, 6.45) is 7.02. The normalized spacial score (nSPS) is 27.4. The standard InChI is InChI=1S/C20H25N5O2S/c1-13-22-17(10-28-13)18(26)25-8-15(16-9-23(2)12-21-16)20(11-25)5-6-24(19(20)27)7-14-3-4-14/h9-10,12,14-15H,3-8,11H2,1-2H3/t15-,20+/m1/s1. The van der Waals surface area contributed by atoms with Crippen molar-refractivity contribution in [2.45, 2.75) is 32.1 Å². The zero-order valence-electron chi connectivity index (χ0n) is 16.3. The lowest BCUT2D eigenvalue weighted by atomic mass is 9.75. The maximum atomic E-state index is 13.5. The van der Waals surface area contributed by atoms with E-state index in [4.69, 9.17) is 0 Å². The Balaban J connectivity index is 1.46. The summed E-state index contributed by atoms with van der Waals surface area (Å²) in [5, 5.41) is 2.69. The Kier molecular flexibility index (Phi) is 4.08. The third-order valence-electron chi connectivity index (χ3n) is 6.47. The molecule has 0 N–H and O–H groups in total. The van der Waals surface area contributed by atoms with E-state index in [9.17, 15) is 9.59 Å². The maximum absolute atomic E-state index is 13.5. The first-order valence-electron chi connectivity index (χ1n) is 9.95. The number of amides is 2. The van der Waals surface area contributed by atoms with E-state index in [2.05, 4.69) is 9.97 Å². The van der Waals surface area contributed by atoms with Gasteiger partial charge in [-0.15, -0.1) is 11.3 Å². The van der Waals surface area contributed by atoms with Crippen LogP contribution in [0.2, 0.25) is 0 Å². The predicted octanol–water partition coefficient (Wildman–Crippen LogP) is 2.05. The van der Waals surface area contributed by atoms with Crippen LogP contribution in [0.3, 0.4) is 0 Å². The summed E-state index contributed by atoms with van der Waals surface area (Å²) in [5.41, 5.74) is 0.845. The average molecular weight is 400 g/mol. The Morgan fingerprint density at radius 1 is 1.39 bits per heavy atom. The van der Waals surface area contributed by atoms with Crippen molar-refractivity contribution in [3.05, 3.63) is 34.3 Å². The van der Waals surface area contributed by atoms with Crippen molar-refractivity contribution in [2.75, 3.05) is 26.2 Å². The fraction of sp³-hybridized carbons (Fsp3) is 0.600. The first-order valence-corrected chi connectivity index (χ1v) is 10.8. The van der Waals surface area contributed by atoms with Gasteiger partial charge in [-0.05, 0) is 32.1 Å². The Morgan fingerprint density at radius 3 is 2.86 bits per heavy atom. The number of hydrogen-bond acceptors (Lipinski definition) is 5. The van der Waals surface area contributed by atoms with E-state index >= 15 is 0 Å². The number of carbonyl (C=O) groups is 2.